The zero-order valence-electron chi connectivity index (χ0n) is 19.7. The number of methoxy groups -OCH3 is 1. The van der Waals surface area contributed by atoms with Crippen molar-refractivity contribution in [2.75, 3.05) is 20.2 Å². The minimum Gasteiger partial charge on any atom is -0.381 e. The lowest BCUT2D eigenvalue weighted by atomic mass is 9.93. The van der Waals surface area contributed by atoms with Gasteiger partial charge in [-0.3, -0.25) is 9.69 Å². The molecule has 1 unspecified atom stereocenters. The molecule has 2 aliphatic rings. The zero-order chi connectivity index (χ0) is 24.7. The van der Waals surface area contributed by atoms with Crippen LogP contribution in [-0.2, 0) is 26.0 Å². The van der Waals surface area contributed by atoms with E-state index in [4.69, 9.17) is 4.74 Å². The molecule has 1 heterocycles. The van der Waals surface area contributed by atoms with Gasteiger partial charge in [-0.15, -0.1) is 0 Å². The van der Waals surface area contributed by atoms with Gasteiger partial charge in [-0.05, 0) is 62.1 Å². The number of hydrogen-bond acceptors (Lipinski definition) is 6. The summed E-state index contributed by atoms with van der Waals surface area (Å²) < 4.78 is 32.4. The molecule has 1 saturated carbocycles. The molecule has 1 atom stereocenters. The molecule has 0 bridgehead atoms. The van der Waals surface area contributed by atoms with E-state index in [-0.39, 0.29) is 22.9 Å². The Labute approximate surface area is 200 Å². The lowest BCUT2D eigenvalue weighted by Gasteiger charge is -2.28. The Hall–Kier alpha value is -2.66. The molecule has 0 radical (unpaired) electrons. The number of benzene rings is 1. The predicted octanol–water partition coefficient (Wildman–Crippen LogP) is 2.14. The third-order valence-corrected chi connectivity index (χ3v) is 7.76. The first-order valence-electron chi connectivity index (χ1n) is 11.7. The van der Waals surface area contributed by atoms with Gasteiger partial charge in [-0.2, -0.15) is 0 Å². The fraction of sp³-hybridized carbons (Fsp3) is 0.609. The topological polar surface area (TPSA) is 134 Å². The van der Waals surface area contributed by atoms with E-state index in [1.165, 1.54) is 17.0 Å². The van der Waals surface area contributed by atoms with Crippen molar-refractivity contribution in [1.29, 1.82) is 0 Å². The quantitative estimate of drug-likeness (QED) is 0.532. The summed E-state index contributed by atoms with van der Waals surface area (Å²) in [7, 11) is -2.34. The second kappa shape index (κ2) is 11.7. The highest BCUT2D eigenvalue weighted by atomic mass is 32.2. The maximum absolute atomic E-state index is 12.5. The van der Waals surface area contributed by atoms with Gasteiger partial charge >= 0.3 is 12.1 Å². The smallest absolute Gasteiger partial charge is 0.328 e. The molecule has 1 saturated heterocycles. The Kier molecular flexibility index (Phi) is 8.90. The summed E-state index contributed by atoms with van der Waals surface area (Å²) in [6.45, 7) is 2.73. The van der Waals surface area contributed by atoms with E-state index in [9.17, 15) is 22.8 Å². The van der Waals surface area contributed by atoms with Gasteiger partial charge in [0.2, 0.25) is 5.91 Å². The van der Waals surface area contributed by atoms with Crippen LogP contribution in [0.3, 0.4) is 0 Å². The SMILES string of the molecule is COC1CCC(NC(=O)NS(=O)(=O)c2ccc(CCNC(=O)N3CCC(C)CC3=O)cc2)CC1. The van der Waals surface area contributed by atoms with Crippen molar-refractivity contribution in [3.63, 3.8) is 0 Å². The summed E-state index contributed by atoms with van der Waals surface area (Å²) in [5, 5.41) is 5.46. The summed E-state index contributed by atoms with van der Waals surface area (Å²) in [5.74, 6) is 0.132. The number of hydrogen-bond donors (Lipinski definition) is 3. The first-order chi connectivity index (χ1) is 16.2. The van der Waals surface area contributed by atoms with E-state index >= 15 is 0 Å². The number of carbonyl (C=O) groups is 3. The van der Waals surface area contributed by atoms with Gasteiger partial charge in [-0.25, -0.2) is 22.7 Å². The largest absolute Gasteiger partial charge is 0.381 e. The van der Waals surface area contributed by atoms with Crippen LogP contribution in [0.15, 0.2) is 29.2 Å². The molecule has 2 fully saturated rings. The van der Waals surface area contributed by atoms with Crippen LogP contribution in [0, 0.1) is 5.92 Å². The molecule has 1 aliphatic heterocycles. The summed E-state index contributed by atoms with van der Waals surface area (Å²) >= 11 is 0. The summed E-state index contributed by atoms with van der Waals surface area (Å²) in [5.41, 5.74) is 0.817. The normalized spacial score (nSPS) is 23.3. The van der Waals surface area contributed by atoms with Crippen LogP contribution in [-0.4, -0.2) is 63.6 Å². The molecule has 5 amide bonds. The van der Waals surface area contributed by atoms with E-state index < -0.39 is 22.1 Å². The average Bonchev–Trinajstić information content (AvgIpc) is 2.79. The predicted molar refractivity (Wildman–Crippen MR) is 126 cm³/mol. The number of imide groups is 1. The van der Waals surface area contributed by atoms with Crippen LogP contribution in [0.4, 0.5) is 9.59 Å². The number of piperidine rings is 1. The molecule has 188 valence electrons. The van der Waals surface area contributed by atoms with Crippen molar-refractivity contribution in [1.82, 2.24) is 20.3 Å². The number of sulfonamides is 1. The Morgan fingerprint density at radius 2 is 1.76 bits per heavy atom. The lowest BCUT2D eigenvalue weighted by Crippen LogP contribution is -2.48. The van der Waals surface area contributed by atoms with E-state index in [0.717, 1.165) is 37.7 Å². The third kappa shape index (κ3) is 7.17. The molecular formula is C23H34N4O6S. The molecule has 1 aliphatic carbocycles. The number of ether oxygens (including phenoxy) is 1. The average molecular weight is 495 g/mol. The van der Waals surface area contributed by atoms with Crippen molar-refractivity contribution >= 4 is 28.0 Å². The monoisotopic (exact) mass is 494 g/mol. The van der Waals surface area contributed by atoms with Crippen LogP contribution in [0.2, 0.25) is 0 Å². The number of likely N-dealkylation sites (tertiary alicyclic amines) is 1. The maximum Gasteiger partial charge on any atom is 0.328 e. The van der Waals surface area contributed by atoms with Crippen LogP contribution in [0.5, 0.6) is 0 Å². The summed E-state index contributed by atoms with van der Waals surface area (Å²) in [6.07, 6.45) is 4.97. The van der Waals surface area contributed by atoms with E-state index in [1.807, 2.05) is 6.92 Å². The molecule has 11 heteroatoms. The highest BCUT2D eigenvalue weighted by Gasteiger charge is 2.28. The second-order valence-corrected chi connectivity index (χ2v) is 10.7. The first kappa shape index (κ1) is 26.0. The van der Waals surface area contributed by atoms with Crippen molar-refractivity contribution in [2.45, 2.75) is 68.9 Å². The number of urea groups is 2. The van der Waals surface area contributed by atoms with Crippen LogP contribution < -0.4 is 15.4 Å². The van der Waals surface area contributed by atoms with Gasteiger partial charge < -0.3 is 15.4 Å². The van der Waals surface area contributed by atoms with Crippen molar-refractivity contribution in [2.24, 2.45) is 5.92 Å². The van der Waals surface area contributed by atoms with E-state index in [0.29, 0.717) is 31.8 Å². The van der Waals surface area contributed by atoms with Gasteiger partial charge in [0.05, 0.1) is 11.0 Å². The number of carbonyl (C=O) groups excluding carboxylic acids is 3. The molecule has 0 aromatic heterocycles. The fourth-order valence-corrected chi connectivity index (χ4v) is 5.20. The third-order valence-electron chi connectivity index (χ3n) is 6.41. The van der Waals surface area contributed by atoms with Gasteiger partial charge in [0.25, 0.3) is 10.0 Å². The molecule has 34 heavy (non-hydrogen) atoms. The van der Waals surface area contributed by atoms with Crippen LogP contribution in [0.1, 0.15) is 51.0 Å². The Balaban J connectivity index is 1.44. The van der Waals surface area contributed by atoms with Crippen molar-refractivity contribution in [3.05, 3.63) is 29.8 Å². The maximum atomic E-state index is 12.5. The number of nitrogens with one attached hydrogen (secondary N) is 3. The minimum atomic E-state index is -4.00. The molecule has 10 nitrogen and oxygen atoms in total. The van der Waals surface area contributed by atoms with E-state index in [1.54, 1.807) is 19.2 Å². The Morgan fingerprint density at radius 3 is 2.38 bits per heavy atom. The van der Waals surface area contributed by atoms with Crippen LogP contribution >= 0.6 is 0 Å². The highest BCUT2D eigenvalue weighted by Crippen LogP contribution is 2.21. The van der Waals surface area contributed by atoms with Gasteiger partial charge in [-0.1, -0.05) is 19.1 Å². The fourth-order valence-electron chi connectivity index (χ4n) is 4.28. The number of rotatable bonds is 7. The Morgan fingerprint density at radius 1 is 1.09 bits per heavy atom. The van der Waals surface area contributed by atoms with Gasteiger partial charge in [0, 0.05) is 32.7 Å². The van der Waals surface area contributed by atoms with Gasteiger partial charge in [0.1, 0.15) is 0 Å². The standard InChI is InChI=1S/C23H34N4O6S/c1-16-12-14-27(21(28)15-16)23(30)24-13-11-17-3-9-20(10-4-17)34(31,32)26-22(29)25-18-5-7-19(33-2)8-6-18/h3-4,9-10,16,18-19H,5-8,11-15H2,1-2H3,(H,24,30)(H2,25,26,29). The molecule has 3 rings (SSSR count). The highest BCUT2D eigenvalue weighted by molar-refractivity contribution is 7.90. The number of amides is 5. The van der Waals surface area contributed by atoms with E-state index in [2.05, 4.69) is 15.4 Å². The number of nitrogens with zero attached hydrogens (tertiary/aromatic N) is 1. The molecule has 1 aromatic carbocycles. The zero-order valence-corrected chi connectivity index (χ0v) is 20.5. The molecule has 1 aromatic rings. The summed E-state index contributed by atoms with van der Waals surface area (Å²) in [4.78, 5) is 37.6. The van der Waals surface area contributed by atoms with Crippen LogP contribution in [0.25, 0.3) is 0 Å². The molecular weight excluding hydrogens is 460 g/mol. The van der Waals surface area contributed by atoms with Crippen molar-refractivity contribution in [3.8, 4) is 0 Å². The second-order valence-electron chi connectivity index (χ2n) is 9.06. The first-order valence-corrected chi connectivity index (χ1v) is 13.2. The molecule has 0 spiro atoms. The lowest BCUT2D eigenvalue weighted by molar-refractivity contribution is -0.131. The minimum absolute atomic E-state index is 0.0217. The Bertz CT molecular complexity index is 974. The summed E-state index contributed by atoms with van der Waals surface area (Å²) in [6, 6.07) is 4.90. The molecule has 3 N–H and O–H groups in total. The van der Waals surface area contributed by atoms with Gasteiger partial charge in [0.15, 0.2) is 0 Å². The van der Waals surface area contributed by atoms with Crippen molar-refractivity contribution < 1.29 is 27.5 Å².